The van der Waals surface area contributed by atoms with Gasteiger partial charge in [0.1, 0.15) is 4.90 Å². The van der Waals surface area contributed by atoms with E-state index in [1.807, 2.05) is 0 Å². The lowest BCUT2D eigenvalue weighted by molar-refractivity contribution is 0.177. The van der Waals surface area contributed by atoms with E-state index in [-0.39, 0.29) is 16.5 Å². The van der Waals surface area contributed by atoms with E-state index < -0.39 is 16.1 Å². The quantitative estimate of drug-likeness (QED) is 0.810. The van der Waals surface area contributed by atoms with Gasteiger partial charge in [0.05, 0.1) is 11.1 Å². The molecule has 0 aliphatic carbocycles. The van der Waals surface area contributed by atoms with Crippen molar-refractivity contribution >= 4 is 27.3 Å². The standard InChI is InChI=1S/C12H19ClN2O3S/c1-8-6-10(13)12(7-11(8)14)19(17,18)15(3)5-4-9(2)16/h6-7,9,16H,4-5,14H2,1-3H3. The first-order valence-electron chi connectivity index (χ1n) is 5.86. The number of hydrogen-bond donors (Lipinski definition) is 2. The highest BCUT2D eigenvalue weighted by Gasteiger charge is 2.24. The summed E-state index contributed by atoms with van der Waals surface area (Å²) in [6, 6.07) is 2.90. The Labute approximate surface area is 119 Å². The number of sulfonamides is 1. The van der Waals surface area contributed by atoms with E-state index in [0.29, 0.717) is 12.1 Å². The zero-order chi connectivity index (χ0) is 14.8. The van der Waals surface area contributed by atoms with Crippen LogP contribution in [0.2, 0.25) is 5.02 Å². The Bertz CT molecular complexity index is 558. The van der Waals surface area contributed by atoms with Crippen LogP contribution in [0.1, 0.15) is 18.9 Å². The van der Waals surface area contributed by atoms with Gasteiger partial charge in [-0.2, -0.15) is 0 Å². The second-order valence-electron chi connectivity index (χ2n) is 4.60. The van der Waals surface area contributed by atoms with Crippen molar-refractivity contribution in [1.82, 2.24) is 4.31 Å². The van der Waals surface area contributed by atoms with Gasteiger partial charge in [-0.25, -0.2) is 12.7 Å². The van der Waals surface area contributed by atoms with Gasteiger partial charge in [-0.05, 0) is 38.0 Å². The summed E-state index contributed by atoms with van der Waals surface area (Å²) in [5.41, 5.74) is 6.84. The highest BCUT2D eigenvalue weighted by Crippen LogP contribution is 2.28. The third-order valence-electron chi connectivity index (χ3n) is 2.87. The molecule has 0 aromatic heterocycles. The van der Waals surface area contributed by atoms with Crippen molar-refractivity contribution in [3.63, 3.8) is 0 Å². The second-order valence-corrected chi connectivity index (χ2v) is 7.02. The highest BCUT2D eigenvalue weighted by atomic mass is 35.5. The van der Waals surface area contributed by atoms with Crippen LogP contribution < -0.4 is 5.73 Å². The Morgan fingerprint density at radius 3 is 2.58 bits per heavy atom. The van der Waals surface area contributed by atoms with Crippen molar-refractivity contribution in [2.24, 2.45) is 0 Å². The summed E-state index contributed by atoms with van der Waals surface area (Å²) in [7, 11) is -2.25. The van der Waals surface area contributed by atoms with Gasteiger partial charge in [-0.1, -0.05) is 11.6 Å². The minimum absolute atomic E-state index is 0.00893. The fraction of sp³-hybridized carbons (Fsp3) is 0.500. The average molecular weight is 307 g/mol. The summed E-state index contributed by atoms with van der Waals surface area (Å²) >= 11 is 5.98. The van der Waals surface area contributed by atoms with Gasteiger partial charge in [-0.3, -0.25) is 0 Å². The van der Waals surface area contributed by atoms with Crippen LogP contribution in [0.4, 0.5) is 5.69 Å². The molecule has 108 valence electrons. The van der Waals surface area contributed by atoms with Crippen LogP contribution in [0, 0.1) is 6.92 Å². The Balaban J connectivity index is 3.10. The largest absolute Gasteiger partial charge is 0.398 e. The molecule has 1 unspecified atom stereocenters. The van der Waals surface area contributed by atoms with Crippen LogP contribution in [0.5, 0.6) is 0 Å². The zero-order valence-corrected chi connectivity index (χ0v) is 12.8. The first-order valence-corrected chi connectivity index (χ1v) is 7.68. The molecule has 0 aliphatic rings. The minimum Gasteiger partial charge on any atom is -0.398 e. The summed E-state index contributed by atoms with van der Waals surface area (Å²) in [6.45, 7) is 3.58. The summed E-state index contributed by atoms with van der Waals surface area (Å²) in [5, 5.41) is 9.35. The number of aliphatic hydroxyl groups excluding tert-OH is 1. The van der Waals surface area contributed by atoms with Gasteiger partial charge >= 0.3 is 0 Å². The molecule has 3 N–H and O–H groups in total. The maximum Gasteiger partial charge on any atom is 0.244 e. The van der Waals surface area contributed by atoms with Crippen molar-refractivity contribution in [3.8, 4) is 0 Å². The van der Waals surface area contributed by atoms with Crippen LogP contribution in [-0.2, 0) is 10.0 Å². The molecule has 0 heterocycles. The molecule has 1 aromatic carbocycles. The molecule has 7 heteroatoms. The summed E-state index contributed by atoms with van der Waals surface area (Å²) in [5.74, 6) is 0. The molecule has 0 amide bonds. The van der Waals surface area contributed by atoms with Crippen molar-refractivity contribution in [3.05, 3.63) is 22.7 Å². The van der Waals surface area contributed by atoms with Crippen LogP contribution in [0.3, 0.4) is 0 Å². The molecule has 0 aliphatic heterocycles. The van der Waals surface area contributed by atoms with Crippen molar-refractivity contribution in [2.45, 2.75) is 31.3 Å². The van der Waals surface area contributed by atoms with Gasteiger partial charge in [0.2, 0.25) is 10.0 Å². The van der Waals surface area contributed by atoms with Crippen molar-refractivity contribution < 1.29 is 13.5 Å². The maximum absolute atomic E-state index is 12.3. The third kappa shape index (κ3) is 3.82. The van der Waals surface area contributed by atoms with Gasteiger partial charge in [-0.15, -0.1) is 0 Å². The molecule has 1 rings (SSSR count). The van der Waals surface area contributed by atoms with E-state index >= 15 is 0 Å². The summed E-state index contributed by atoms with van der Waals surface area (Å²) in [6.07, 6.45) is -0.203. The lowest BCUT2D eigenvalue weighted by Gasteiger charge is -2.19. The molecule has 0 bridgehead atoms. The molecule has 0 radical (unpaired) electrons. The number of anilines is 1. The molecule has 0 saturated heterocycles. The summed E-state index contributed by atoms with van der Waals surface area (Å²) < 4.78 is 25.8. The van der Waals surface area contributed by atoms with Gasteiger partial charge in [0.25, 0.3) is 0 Å². The third-order valence-corrected chi connectivity index (χ3v) is 5.19. The lowest BCUT2D eigenvalue weighted by atomic mass is 10.2. The number of halogens is 1. The number of nitrogens with two attached hydrogens (primary N) is 1. The van der Waals surface area contributed by atoms with Crippen molar-refractivity contribution in [1.29, 1.82) is 0 Å². The van der Waals surface area contributed by atoms with Crippen LogP contribution >= 0.6 is 11.6 Å². The minimum atomic E-state index is -3.69. The first-order chi connectivity index (χ1) is 8.66. The number of rotatable bonds is 5. The smallest absolute Gasteiger partial charge is 0.244 e. The Morgan fingerprint density at radius 2 is 2.05 bits per heavy atom. The number of hydrogen-bond acceptors (Lipinski definition) is 4. The number of nitrogen functional groups attached to an aromatic ring is 1. The van der Waals surface area contributed by atoms with Crippen LogP contribution in [-0.4, -0.2) is 37.5 Å². The molecule has 0 saturated carbocycles. The predicted octanol–water partition coefficient (Wildman–Crippen LogP) is 1.62. The molecule has 0 fully saturated rings. The van der Waals surface area contributed by atoms with E-state index in [9.17, 15) is 13.5 Å². The predicted molar refractivity (Wildman–Crippen MR) is 76.7 cm³/mol. The maximum atomic E-state index is 12.3. The molecular weight excluding hydrogens is 288 g/mol. The monoisotopic (exact) mass is 306 g/mol. The lowest BCUT2D eigenvalue weighted by Crippen LogP contribution is -2.30. The van der Waals surface area contributed by atoms with E-state index in [1.54, 1.807) is 13.8 Å². The normalized spacial score (nSPS) is 13.8. The number of aliphatic hydroxyl groups is 1. The van der Waals surface area contributed by atoms with E-state index in [0.717, 1.165) is 9.87 Å². The van der Waals surface area contributed by atoms with Crippen LogP contribution in [0.25, 0.3) is 0 Å². The highest BCUT2D eigenvalue weighted by molar-refractivity contribution is 7.89. The number of nitrogens with zero attached hydrogens (tertiary/aromatic N) is 1. The van der Waals surface area contributed by atoms with Crippen LogP contribution in [0.15, 0.2) is 17.0 Å². The Morgan fingerprint density at radius 1 is 1.47 bits per heavy atom. The molecule has 5 nitrogen and oxygen atoms in total. The summed E-state index contributed by atoms with van der Waals surface area (Å²) in [4.78, 5) is -0.00893. The number of benzene rings is 1. The molecule has 1 aromatic rings. The van der Waals surface area contributed by atoms with Gasteiger partial charge in [0.15, 0.2) is 0 Å². The average Bonchev–Trinajstić information content (AvgIpc) is 2.30. The van der Waals surface area contributed by atoms with E-state index in [1.165, 1.54) is 19.2 Å². The topological polar surface area (TPSA) is 83.6 Å². The molecule has 19 heavy (non-hydrogen) atoms. The first kappa shape index (κ1) is 16.2. The molecular formula is C12H19ClN2O3S. The fourth-order valence-electron chi connectivity index (χ4n) is 1.52. The fourth-order valence-corrected chi connectivity index (χ4v) is 3.30. The molecule has 0 spiro atoms. The second kappa shape index (κ2) is 6.09. The number of aryl methyl sites for hydroxylation is 1. The Kier molecular flexibility index (Phi) is 5.20. The SMILES string of the molecule is Cc1cc(Cl)c(S(=O)(=O)N(C)CCC(C)O)cc1N. The zero-order valence-electron chi connectivity index (χ0n) is 11.2. The van der Waals surface area contributed by atoms with Crippen molar-refractivity contribution in [2.75, 3.05) is 19.3 Å². The molecule has 1 atom stereocenters. The van der Waals surface area contributed by atoms with Gasteiger partial charge in [0, 0.05) is 19.3 Å². The van der Waals surface area contributed by atoms with Gasteiger partial charge < -0.3 is 10.8 Å². The Hall–Kier alpha value is -0.820. The van der Waals surface area contributed by atoms with E-state index in [4.69, 9.17) is 17.3 Å². The van der Waals surface area contributed by atoms with E-state index in [2.05, 4.69) is 0 Å².